The van der Waals surface area contributed by atoms with Crippen molar-refractivity contribution in [3.8, 4) is 0 Å². The molecule has 0 aromatic heterocycles. The molecule has 1 rings (SSSR count). The fourth-order valence-corrected chi connectivity index (χ4v) is 1.40. The Bertz CT molecular complexity index is 260. The minimum absolute atomic E-state index is 0.323. The second-order valence-corrected chi connectivity index (χ2v) is 3.73. The van der Waals surface area contributed by atoms with Crippen LogP contribution in [0.3, 0.4) is 0 Å². The molecule has 0 aliphatic carbocycles. The number of nitrogens with one attached hydrogen (secondary N) is 1. The van der Waals surface area contributed by atoms with Crippen molar-refractivity contribution in [3.63, 3.8) is 0 Å². The molecular weight excluding hydrogens is 198 g/mol. The number of likely N-dealkylation sites (N-methyl/N-ethyl adjacent to an activating group) is 1. The summed E-state index contributed by atoms with van der Waals surface area (Å²) in [5.74, 6) is 0. The second kappa shape index (κ2) is 6.02. The Balaban J connectivity index is 2.39. The second-order valence-electron chi connectivity index (χ2n) is 3.29. The minimum atomic E-state index is -0.323. The van der Waals surface area contributed by atoms with Gasteiger partial charge in [0.1, 0.15) is 0 Å². The lowest BCUT2D eigenvalue weighted by Crippen LogP contribution is -2.28. The summed E-state index contributed by atoms with van der Waals surface area (Å²) in [6, 6.07) is 7.57. The molecule has 0 heterocycles. The van der Waals surface area contributed by atoms with E-state index in [0.29, 0.717) is 13.0 Å². The van der Waals surface area contributed by atoms with Crippen molar-refractivity contribution in [3.05, 3.63) is 34.9 Å². The van der Waals surface area contributed by atoms with Gasteiger partial charge in [0.25, 0.3) is 0 Å². The third kappa shape index (κ3) is 4.09. The number of hydrogen-bond acceptors (Lipinski definition) is 2. The summed E-state index contributed by atoms with van der Waals surface area (Å²) in [4.78, 5) is 0. The fourth-order valence-electron chi connectivity index (χ4n) is 1.28. The zero-order valence-electron chi connectivity index (χ0n) is 8.33. The average Bonchev–Trinajstić information content (AvgIpc) is 2.18. The van der Waals surface area contributed by atoms with Gasteiger partial charge in [-0.3, -0.25) is 0 Å². The van der Waals surface area contributed by atoms with E-state index < -0.39 is 0 Å². The molecule has 0 aliphatic heterocycles. The molecule has 0 radical (unpaired) electrons. The van der Waals surface area contributed by atoms with Crippen LogP contribution < -0.4 is 5.32 Å². The van der Waals surface area contributed by atoms with Gasteiger partial charge in [0.05, 0.1) is 6.10 Å². The van der Waals surface area contributed by atoms with Crippen molar-refractivity contribution >= 4 is 11.6 Å². The largest absolute Gasteiger partial charge is 0.391 e. The van der Waals surface area contributed by atoms with Crippen molar-refractivity contribution in [2.24, 2.45) is 0 Å². The molecule has 1 atom stereocenters. The van der Waals surface area contributed by atoms with Crippen LogP contribution in [0.2, 0.25) is 5.02 Å². The summed E-state index contributed by atoms with van der Waals surface area (Å²) in [5, 5.41) is 13.4. The highest BCUT2D eigenvalue weighted by atomic mass is 35.5. The number of aliphatic hydroxyl groups excluding tert-OH is 1. The van der Waals surface area contributed by atoms with Crippen LogP contribution in [0.15, 0.2) is 24.3 Å². The number of aliphatic hydroxyl groups is 1. The number of halogens is 1. The molecule has 3 heteroatoms. The third-order valence-corrected chi connectivity index (χ3v) is 2.27. The molecule has 0 aliphatic rings. The first-order valence-electron chi connectivity index (χ1n) is 4.85. The van der Waals surface area contributed by atoms with Gasteiger partial charge in [0.2, 0.25) is 0 Å². The summed E-state index contributed by atoms with van der Waals surface area (Å²) in [5.41, 5.74) is 1.11. The summed E-state index contributed by atoms with van der Waals surface area (Å²) in [6.07, 6.45) is 0.348. The summed E-state index contributed by atoms with van der Waals surface area (Å²) in [7, 11) is 0. The Morgan fingerprint density at radius 1 is 1.36 bits per heavy atom. The molecule has 0 spiro atoms. The molecule has 0 amide bonds. The van der Waals surface area contributed by atoms with Gasteiger partial charge in [-0.05, 0) is 30.7 Å². The van der Waals surface area contributed by atoms with Crippen molar-refractivity contribution in [1.82, 2.24) is 5.32 Å². The van der Waals surface area contributed by atoms with E-state index in [4.69, 9.17) is 11.6 Å². The van der Waals surface area contributed by atoms with E-state index in [1.165, 1.54) is 0 Å². The smallest absolute Gasteiger partial charge is 0.0704 e. The van der Waals surface area contributed by atoms with Gasteiger partial charge >= 0.3 is 0 Å². The monoisotopic (exact) mass is 213 g/mol. The zero-order valence-corrected chi connectivity index (χ0v) is 9.09. The lowest BCUT2D eigenvalue weighted by Gasteiger charge is -2.10. The molecule has 78 valence electrons. The standard InChI is InChI=1S/C11H16ClNO/c1-2-13-8-11(14)7-9-3-5-10(12)6-4-9/h3-6,11,13-14H,2,7-8H2,1H3. The maximum Gasteiger partial charge on any atom is 0.0704 e. The van der Waals surface area contributed by atoms with Gasteiger partial charge in [0, 0.05) is 11.6 Å². The van der Waals surface area contributed by atoms with E-state index in [9.17, 15) is 5.11 Å². The van der Waals surface area contributed by atoms with Gasteiger partial charge in [-0.1, -0.05) is 30.7 Å². The van der Waals surface area contributed by atoms with Crippen LogP contribution in [0, 0.1) is 0 Å². The third-order valence-electron chi connectivity index (χ3n) is 2.01. The Morgan fingerprint density at radius 3 is 2.57 bits per heavy atom. The molecule has 1 aromatic carbocycles. The van der Waals surface area contributed by atoms with E-state index in [1.807, 2.05) is 31.2 Å². The van der Waals surface area contributed by atoms with Crippen LogP contribution in [-0.2, 0) is 6.42 Å². The van der Waals surface area contributed by atoms with Crippen molar-refractivity contribution in [2.45, 2.75) is 19.4 Å². The lowest BCUT2D eigenvalue weighted by molar-refractivity contribution is 0.173. The highest BCUT2D eigenvalue weighted by Crippen LogP contribution is 2.10. The average molecular weight is 214 g/mol. The van der Waals surface area contributed by atoms with Crippen LogP contribution in [0.4, 0.5) is 0 Å². The molecular formula is C11H16ClNO. The lowest BCUT2D eigenvalue weighted by atomic mass is 10.1. The first-order valence-corrected chi connectivity index (χ1v) is 5.23. The Kier molecular flexibility index (Phi) is 4.94. The molecule has 2 N–H and O–H groups in total. The topological polar surface area (TPSA) is 32.3 Å². The fraction of sp³-hybridized carbons (Fsp3) is 0.455. The number of hydrogen-bond donors (Lipinski definition) is 2. The van der Waals surface area contributed by atoms with E-state index in [-0.39, 0.29) is 6.10 Å². The molecule has 2 nitrogen and oxygen atoms in total. The van der Waals surface area contributed by atoms with E-state index in [0.717, 1.165) is 17.1 Å². The van der Waals surface area contributed by atoms with Gasteiger partial charge < -0.3 is 10.4 Å². The predicted molar refractivity (Wildman–Crippen MR) is 59.7 cm³/mol. The molecule has 1 unspecified atom stereocenters. The summed E-state index contributed by atoms with van der Waals surface area (Å²) < 4.78 is 0. The van der Waals surface area contributed by atoms with Gasteiger partial charge in [0.15, 0.2) is 0 Å². The summed E-state index contributed by atoms with van der Waals surface area (Å²) >= 11 is 5.76. The Hall–Kier alpha value is -0.570. The minimum Gasteiger partial charge on any atom is -0.391 e. The van der Waals surface area contributed by atoms with Gasteiger partial charge in [-0.2, -0.15) is 0 Å². The molecule has 0 fully saturated rings. The van der Waals surface area contributed by atoms with Crippen LogP contribution in [0.5, 0.6) is 0 Å². The van der Waals surface area contributed by atoms with E-state index >= 15 is 0 Å². The maximum absolute atomic E-state index is 9.61. The Morgan fingerprint density at radius 2 is 2.00 bits per heavy atom. The molecule has 0 saturated heterocycles. The SMILES string of the molecule is CCNCC(O)Cc1ccc(Cl)cc1. The van der Waals surface area contributed by atoms with Gasteiger partial charge in [-0.15, -0.1) is 0 Å². The maximum atomic E-state index is 9.61. The number of rotatable bonds is 5. The van der Waals surface area contributed by atoms with E-state index in [2.05, 4.69) is 5.32 Å². The molecule has 1 aromatic rings. The highest BCUT2D eigenvalue weighted by molar-refractivity contribution is 6.30. The van der Waals surface area contributed by atoms with Crippen LogP contribution >= 0.6 is 11.6 Å². The van der Waals surface area contributed by atoms with Crippen LogP contribution in [0.1, 0.15) is 12.5 Å². The first-order chi connectivity index (χ1) is 6.72. The van der Waals surface area contributed by atoms with Crippen molar-refractivity contribution in [1.29, 1.82) is 0 Å². The molecule has 0 bridgehead atoms. The predicted octanol–water partition coefficient (Wildman–Crippen LogP) is 1.85. The van der Waals surface area contributed by atoms with Gasteiger partial charge in [-0.25, -0.2) is 0 Å². The Labute approximate surface area is 89.9 Å². The quantitative estimate of drug-likeness (QED) is 0.783. The van der Waals surface area contributed by atoms with E-state index in [1.54, 1.807) is 0 Å². The molecule has 14 heavy (non-hydrogen) atoms. The summed E-state index contributed by atoms with van der Waals surface area (Å²) in [6.45, 7) is 3.55. The highest BCUT2D eigenvalue weighted by Gasteiger charge is 2.03. The normalized spacial score (nSPS) is 12.8. The zero-order chi connectivity index (χ0) is 10.4. The number of benzene rings is 1. The van der Waals surface area contributed by atoms with Crippen LogP contribution in [0.25, 0.3) is 0 Å². The van der Waals surface area contributed by atoms with Crippen molar-refractivity contribution in [2.75, 3.05) is 13.1 Å². The first kappa shape index (κ1) is 11.5. The van der Waals surface area contributed by atoms with Crippen molar-refractivity contribution < 1.29 is 5.11 Å². The molecule has 0 saturated carbocycles. The van der Waals surface area contributed by atoms with Crippen LogP contribution in [-0.4, -0.2) is 24.3 Å².